The summed E-state index contributed by atoms with van der Waals surface area (Å²) < 4.78 is 1.94. The molecule has 128 valence electrons. The van der Waals surface area contributed by atoms with Crippen LogP contribution in [0.15, 0.2) is 54.6 Å². The van der Waals surface area contributed by atoms with Gasteiger partial charge in [-0.2, -0.15) is 5.10 Å². The monoisotopic (exact) mass is 336 g/mol. The summed E-state index contributed by atoms with van der Waals surface area (Å²) in [5.74, 6) is -0.526. The number of rotatable bonds is 5. The minimum atomic E-state index is -0.526. The molecular formula is C19H20N4O2. The standard InChI is InChI=1S/C19H20N4O2/c1-13-10-18(16-6-2-14(11-20)3-7-16)23(21-13)12-15-4-8-17(9-5-15)19(24)22-25/h2-10,25H,11-12,20H2,1H3,(H,22,24). The first kappa shape index (κ1) is 16.9. The minimum absolute atomic E-state index is 0.403. The molecule has 0 saturated carbocycles. The van der Waals surface area contributed by atoms with E-state index < -0.39 is 5.91 Å². The van der Waals surface area contributed by atoms with Crippen molar-refractivity contribution in [2.45, 2.75) is 20.0 Å². The first-order valence-electron chi connectivity index (χ1n) is 7.98. The van der Waals surface area contributed by atoms with Crippen LogP contribution in [0.3, 0.4) is 0 Å². The molecule has 6 heteroatoms. The maximum atomic E-state index is 11.4. The number of hydrogen-bond acceptors (Lipinski definition) is 4. The second-order valence-corrected chi connectivity index (χ2v) is 5.87. The van der Waals surface area contributed by atoms with Gasteiger partial charge in [-0.3, -0.25) is 14.7 Å². The van der Waals surface area contributed by atoms with Gasteiger partial charge in [0.2, 0.25) is 0 Å². The van der Waals surface area contributed by atoms with Crippen molar-refractivity contribution in [3.05, 3.63) is 77.0 Å². The lowest BCUT2D eigenvalue weighted by molar-refractivity contribution is 0.0706. The number of aryl methyl sites for hydroxylation is 1. The molecule has 0 fully saturated rings. The highest BCUT2D eigenvalue weighted by Crippen LogP contribution is 2.22. The quantitative estimate of drug-likeness (QED) is 0.493. The number of hydroxylamine groups is 1. The average molecular weight is 336 g/mol. The van der Waals surface area contributed by atoms with Crippen LogP contribution in [-0.4, -0.2) is 20.9 Å². The van der Waals surface area contributed by atoms with Crippen LogP contribution in [0, 0.1) is 6.92 Å². The molecule has 3 rings (SSSR count). The molecule has 1 aromatic heterocycles. The number of nitrogens with one attached hydrogen (secondary N) is 1. The van der Waals surface area contributed by atoms with Gasteiger partial charge in [0.05, 0.1) is 17.9 Å². The molecular weight excluding hydrogens is 316 g/mol. The zero-order valence-corrected chi connectivity index (χ0v) is 13.9. The second-order valence-electron chi connectivity index (χ2n) is 5.87. The predicted octanol–water partition coefficient (Wildman–Crippen LogP) is 2.48. The van der Waals surface area contributed by atoms with Crippen molar-refractivity contribution in [2.75, 3.05) is 0 Å². The molecule has 3 aromatic rings. The molecule has 2 aromatic carbocycles. The smallest absolute Gasteiger partial charge is 0.274 e. The van der Waals surface area contributed by atoms with E-state index in [9.17, 15) is 4.79 Å². The lowest BCUT2D eigenvalue weighted by Gasteiger charge is -2.09. The summed E-state index contributed by atoms with van der Waals surface area (Å²) in [6.45, 7) is 3.07. The van der Waals surface area contributed by atoms with Gasteiger partial charge in [-0.25, -0.2) is 5.48 Å². The predicted molar refractivity (Wildman–Crippen MR) is 95.1 cm³/mol. The number of nitrogens with two attached hydrogens (primary N) is 1. The highest BCUT2D eigenvalue weighted by molar-refractivity contribution is 5.93. The van der Waals surface area contributed by atoms with Crippen LogP contribution < -0.4 is 11.2 Å². The third kappa shape index (κ3) is 3.76. The molecule has 4 N–H and O–H groups in total. The largest absolute Gasteiger partial charge is 0.326 e. The van der Waals surface area contributed by atoms with Crippen LogP contribution in [0.1, 0.15) is 27.2 Å². The molecule has 0 saturated heterocycles. The Kier molecular flexibility index (Phi) is 4.92. The minimum Gasteiger partial charge on any atom is -0.326 e. The molecule has 25 heavy (non-hydrogen) atoms. The second kappa shape index (κ2) is 7.29. The number of nitrogens with zero attached hydrogens (tertiary/aromatic N) is 2. The number of amides is 1. The van der Waals surface area contributed by atoms with E-state index in [1.54, 1.807) is 17.6 Å². The van der Waals surface area contributed by atoms with Gasteiger partial charge in [-0.1, -0.05) is 36.4 Å². The van der Waals surface area contributed by atoms with Gasteiger partial charge in [0, 0.05) is 12.1 Å². The first-order chi connectivity index (χ1) is 12.1. The van der Waals surface area contributed by atoms with Crippen molar-refractivity contribution < 1.29 is 10.0 Å². The van der Waals surface area contributed by atoms with E-state index in [2.05, 4.69) is 5.10 Å². The highest BCUT2D eigenvalue weighted by atomic mass is 16.5. The van der Waals surface area contributed by atoms with Gasteiger partial charge in [0.1, 0.15) is 0 Å². The highest BCUT2D eigenvalue weighted by Gasteiger charge is 2.10. The molecule has 0 atom stereocenters. The normalized spacial score (nSPS) is 10.7. The van der Waals surface area contributed by atoms with Crippen molar-refractivity contribution in [3.63, 3.8) is 0 Å². The molecule has 0 radical (unpaired) electrons. The van der Waals surface area contributed by atoms with E-state index in [1.807, 2.05) is 54.1 Å². The van der Waals surface area contributed by atoms with Crippen LogP contribution in [0.5, 0.6) is 0 Å². The molecule has 0 unspecified atom stereocenters. The number of benzene rings is 2. The Morgan fingerprint density at radius 3 is 2.36 bits per heavy atom. The summed E-state index contributed by atoms with van der Waals surface area (Å²) in [4.78, 5) is 11.4. The number of hydrogen-bond donors (Lipinski definition) is 3. The van der Waals surface area contributed by atoms with Crippen LogP contribution >= 0.6 is 0 Å². The molecule has 0 spiro atoms. The Balaban J connectivity index is 1.86. The van der Waals surface area contributed by atoms with Crippen molar-refractivity contribution in [3.8, 4) is 11.3 Å². The van der Waals surface area contributed by atoms with Crippen molar-refractivity contribution in [1.29, 1.82) is 0 Å². The third-order valence-electron chi connectivity index (χ3n) is 4.04. The number of carbonyl (C=O) groups excluding carboxylic acids is 1. The maximum Gasteiger partial charge on any atom is 0.274 e. The summed E-state index contributed by atoms with van der Waals surface area (Å²) >= 11 is 0. The van der Waals surface area contributed by atoms with Crippen molar-refractivity contribution in [2.24, 2.45) is 5.73 Å². The fourth-order valence-corrected chi connectivity index (χ4v) is 2.71. The van der Waals surface area contributed by atoms with Crippen LogP contribution in [0.4, 0.5) is 0 Å². The summed E-state index contributed by atoms with van der Waals surface area (Å²) in [5, 5.41) is 13.2. The summed E-state index contributed by atoms with van der Waals surface area (Å²) in [7, 11) is 0. The Labute approximate surface area is 145 Å². The zero-order valence-electron chi connectivity index (χ0n) is 13.9. The topological polar surface area (TPSA) is 93.2 Å². The van der Waals surface area contributed by atoms with E-state index in [0.29, 0.717) is 18.7 Å². The fourth-order valence-electron chi connectivity index (χ4n) is 2.71. The number of aromatic nitrogens is 2. The summed E-state index contributed by atoms with van der Waals surface area (Å²) in [6, 6.07) is 17.2. The van der Waals surface area contributed by atoms with E-state index >= 15 is 0 Å². The van der Waals surface area contributed by atoms with Gasteiger partial charge in [-0.15, -0.1) is 0 Å². The lowest BCUT2D eigenvalue weighted by Crippen LogP contribution is -2.18. The third-order valence-corrected chi connectivity index (χ3v) is 4.04. The van der Waals surface area contributed by atoms with Crippen molar-refractivity contribution in [1.82, 2.24) is 15.3 Å². The molecule has 0 bridgehead atoms. The average Bonchev–Trinajstić information content (AvgIpc) is 3.02. The van der Waals surface area contributed by atoms with E-state index in [4.69, 9.17) is 10.9 Å². The van der Waals surface area contributed by atoms with Crippen molar-refractivity contribution >= 4 is 5.91 Å². The Morgan fingerprint density at radius 1 is 1.12 bits per heavy atom. The van der Waals surface area contributed by atoms with E-state index in [1.165, 1.54) is 0 Å². The Hall–Kier alpha value is -2.96. The van der Waals surface area contributed by atoms with Gasteiger partial charge in [0.25, 0.3) is 5.91 Å². The van der Waals surface area contributed by atoms with E-state index in [-0.39, 0.29) is 0 Å². The van der Waals surface area contributed by atoms with Crippen LogP contribution in [-0.2, 0) is 13.1 Å². The van der Waals surface area contributed by atoms with E-state index in [0.717, 1.165) is 28.1 Å². The molecule has 0 aliphatic carbocycles. The molecule has 1 amide bonds. The number of carbonyl (C=O) groups is 1. The lowest BCUT2D eigenvalue weighted by atomic mass is 10.1. The maximum absolute atomic E-state index is 11.4. The van der Waals surface area contributed by atoms with Crippen LogP contribution in [0.2, 0.25) is 0 Å². The van der Waals surface area contributed by atoms with Gasteiger partial charge in [-0.05, 0) is 41.8 Å². The molecule has 0 aliphatic heterocycles. The Morgan fingerprint density at radius 2 is 1.76 bits per heavy atom. The molecule has 1 heterocycles. The van der Waals surface area contributed by atoms with Crippen LogP contribution in [0.25, 0.3) is 11.3 Å². The Bertz CT molecular complexity index is 867. The molecule has 6 nitrogen and oxygen atoms in total. The fraction of sp³-hybridized carbons (Fsp3) is 0.158. The first-order valence-corrected chi connectivity index (χ1v) is 7.98. The van der Waals surface area contributed by atoms with Gasteiger partial charge < -0.3 is 5.73 Å². The molecule has 0 aliphatic rings. The van der Waals surface area contributed by atoms with Gasteiger partial charge >= 0.3 is 0 Å². The summed E-state index contributed by atoms with van der Waals surface area (Å²) in [5.41, 5.74) is 12.8. The summed E-state index contributed by atoms with van der Waals surface area (Å²) in [6.07, 6.45) is 0. The van der Waals surface area contributed by atoms with Gasteiger partial charge in [0.15, 0.2) is 0 Å². The zero-order chi connectivity index (χ0) is 17.8. The SMILES string of the molecule is Cc1cc(-c2ccc(CN)cc2)n(Cc2ccc(C(=O)NO)cc2)n1.